The van der Waals surface area contributed by atoms with Crippen molar-refractivity contribution in [2.24, 2.45) is 5.92 Å². The zero-order chi connectivity index (χ0) is 21.1. The van der Waals surface area contributed by atoms with Crippen molar-refractivity contribution in [1.29, 1.82) is 0 Å². The van der Waals surface area contributed by atoms with Gasteiger partial charge >= 0.3 is 0 Å². The minimum atomic E-state index is -1.58. The number of benzene rings is 1. The molecular formula is C21H22FN5O3. The highest BCUT2D eigenvalue weighted by Gasteiger charge is 2.43. The van der Waals surface area contributed by atoms with Crippen LogP contribution in [0.1, 0.15) is 28.0 Å². The molecule has 8 nitrogen and oxygen atoms in total. The highest BCUT2D eigenvalue weighted by Crippen LogP contribution is 2.31. The van der Waals surface area contributed by atoms with Crippen LogP contribution in [0.3, 0.4) is 0 Å². The number of rotatable bonds is 7. The molecule has 1 aliphatic carbocycles. The first-order valence-electron chi connectivity index (χ1n) is 9.68. The van der Waals surface area contributed by atoms with E-state index in [4.69, 9.17) is 0 Å². The number of halogens is 1. The van der Waals surface area contributed by atoms with Crippen molar-refractivity contribution in [2.75, 3.05) is 11.9 Å². The maximum atomic E-state index is 14.4. The molecule has 1 aliphatic rings. The van der Waals surface area contributed by atoms with Crippen molar-refractivity contribution in [1.82, 2.24) is 19.7 Å². The van der Waals surface area contributed by atoms with E-state index < -0.39 is 30.0 Å². The van der Waals surface area contributed by atoms with Crippen LogP contribution in [0.5, 0.6) is 0 Å². The molecule has 30 heavy (non-hydrogen) atoms. The maximum absolute atomic E-state index is 14.4. The Morgan fingerprint density at radius 1 is 1.27 bits per heavy atom. The van der Waals surface area contributed by atoms with Gasteiger partial charge in [-0.2, -0.15) is 5.10 Å². The summed E-state index contributed by atoms with van der Waals surface area (Å²) in [5.41, 5.74) is 1.44. The molecule has 0 bridgehead atoms. The van der Waals surface area contributed by atoms with Gasteiger partial charge in [-0.3, -0.25) is 9.48 Å². The number of aromatic nitrogens is 4. The third-order valence-corrected chi connectivity index (χ3v) is 5.32. The van der Waals surface area contributed by atoms with Gasteiger partial charge in [0.15, 0.2) is 0 Å². The highest BCUT2D eigenvalue weighted by molar-refractivity contribution is 6.10. The molecule has 0 saturated heterocycles. The summed E-state index contributed by atoms with van der Waals surface area (Å²) in [5, 5.41) is 26.4. The van der Waals surface area contributed by atoms with Crippen LogP contribution in [0.15, 0.2) is 55.1 Å². The van der Waals surface area contributed by atoms with E-state index >= 15 is 0 Å². The fourth-order valence-corrected chi connectivity index (χ4v) is 3.68. The first kappa shape index (κ1) is 20.1. The number of carbonyl (C=O) groups is 1. The maximum Gasteiger partial charge on any atom is 0.218 e. The number of aliphatic hydroxyl groups is 2. The van der Waals surface area contributed by atoms with E-state index in [1.807, 2.05) is 30.3 Å². The Labute approximate surface area is 172 Å². The number of nitrogens with one attached hydrogen (secondary N) is 1. The monoisotopic (exact) mass is 411 g/mol. The molecule has 1 aromatic carbocycles. The van der Waals surface area contributed by atoms with Crippen molar-refractivity contribution in [3.8, 4) is 0 Å². The molecule has 3 N–H and O–H groups in total. The van der Waals surface area contributed by atoms with Crippen molar-refractivity contribution < 1.29 is 19.4 Å². The molecule has 0 aliphatic heterocycles. The smallest absolute Gasteiger partial charge is 0.218 e. The summed E-state index contributed by atoms with van der Waals surface area (Å²) >= 11 is 0. The van der Waals surface area contributed by atoms with E-state index in [1.165, 1.54) is 12.5 Å². The van der Waals surface area contributed by atoms with Crippen LogP contribution >= 0.6 is 0 Å². The standard InChI is InChI=1S/C21H22FN5O3/c22-18-17(8-14(11-28)19(18)29)25-21-15(9-23-12-24-21)20(30)16-6-7-27(26-16)10-13-4-2-1-3-5-13/h1-7,9,12,14,17-19,28-29H,8,10-11H2,(H,23,24,25)/t14-,17-,18-,19-/m1/s1. The molecular weight excluding hydrogens is 389 g/mol. The second-order valence-electron chi connectivity index (χ2n) is 7.36. The number of nitrogens with zero attached hydrogens (tertiary/aromatic N) is 4. The zero-order valence-corrected chi connectivity index (χ0v) is 16.1. The number of aliphatic hydroxyl groups excluding tert-OH is 2. The lowest BCUT2D eigenvalue weighted by molar-refractivity contribution is 0.0444. The number of hydrogen-bond donors (Lipinski definition) is 3. The topological polar surface area (TPSA) is 113 Å². The second kappa shape index (κ2) is 8.68. The lowest BCUT2D eigenvalue weighted by Crippen LogP contribution is -2.32. The molecule has 3 aromatic rings. The van der Waals surface area contributed by atoms with E-state index in [9.17, 15) is 19.4 Å². The molecule has 0 amide bonds. The summed E-state index contributed by atoms with van der Waals surface area (Å²) in [7, 11) is 0. The van der Waals surface area contributed by atoms with Crippen LogP contribution in [-0.4, -0.2) is 60.7 Å². The van der Waals surface area contributed by atoms with Gasteiger partial charge in [0.1, 0.15) is 24.0 Å². The summed E-state index contributed by atoms with van der Waals surface area (Å²) in [6, 6.07) is 10.6. The Morgan fingerprint density at radius 2 is 2.07 bits per heavy atom. The van der Waals surface area contributed by atoms with Gasteiger partial charge < -0.3 is 15.5 Å². The molecule has 4 rings (SSSR count). The second-order valence-corrected chi connectivity index (χ2v) is 7.36. The van der Waals surface area contributed by atoms with Gasteiger partial charge in [-0.25, -0.2) is 14.4 Å². The summed E-state index contributed by atoms with van der Waals surface area (Å²) in [6.45, 7) is 0.213. The van der Waals surface area contributed by atoms with Crippen LogP contribution in [0.25, 0.3) is 0 Å². The molecule has 156 valence electrons. The fraction of sp³-hybridized carbons (Fsp3) is 0.333. The largest absolute Gasteiger partial charge is 0.396 e. The third-order valence-electron chi connectivity index (χ3n) is 5.32. The lowest BCUT2D eigenvalue weighted by atomic mass is 10.1. The van der Waals surface area contributed by atoms with Gasteiger partial charge in [-0.15, -0.1) is 0 Å². The van der Waals surface area contributed by atoms with Crippen molar-refractivity contribution in [2.45, 2.75) is 31.3 Å². The van der Waals surface area contributed by atoms with E-state index in [0.29, 0.717) is 6.54 Å². The number of alkyl halides is 1. The number of anilines is 1. The Balaban J connectivity index is 1.52. The molecule has 1 fully saturated rings. The van der Waals surface area contributed by atoms with Crippen LogP contribution < -0.4 is 5.32 Å². The SMILES string of the molecule is O=C(c1ccn(Cc2ccccc2)n1)c1cncnc1N[C@@H]1C[C@H](CO)[C@@H](O)[C@@H]1F. The van der Waals surface area contributed by atoms with Crippen LogP contribution in [-0.2, 0) is 6.54 Å². The first-order chi connectivity index (χ1) is 14.6. The lowest BCUT2D eigenvalue weighted by Gasteiger charge is -2.18. The molecule has 0 radical (unpaired) electrons. The van der Waals surface area contributed by atoms with Gasteiger partial charge in [-0.1, -0.05) is 30.3 Å². The van der Waals surface area contributed by atoms with Gasteiger partial charge in [0, 0.05) is 24.9 Å². The average molecular weight is 411 g/mol. The van der Waals surface area contributed by atoms with Gasteiger partial charge in [0.2, 0.25) is 5.78 Å². The summed E-state index contributed by atoms with van der Waals surface area (Å²) in [5.74, 6) is -0.782. The molecule has 9 heteroatoms. The van der Waals surface area contributed by atoms with Crippen molar-refractivity contribution >= 4 is 11.6 Å². The number of carbonyl (C=O) groups excluding carboxylic acids is 1. The van der Waals surface area contributed by atoms with Crippen LogP contribution in [0.4, 0.5) is 10.2 Å². The summed E-state index contributed by atoms with van der Waals surface area (Å²) < 4.78 is 16.1. The summed E-state index contributed by atoms with van der Waals surface area (Å²) in [4.78, 5) is 21.0. The molecule has 0 unspecified atom stereocenters. The molecule has 2 aromatic heterocycles. The molecule has 2 heterocycles. The quantitative estimate of drug-likeness (QED) is 0.504. The molecule has 0 spiro atoms. The van der Waals surface area contributed by atoms with E-state index in [2.05, 4.69) is 20.4 Å². The average Bonchev–Trinajstić information content (AvgIpc) is 3.34. The van der Waals surface area contributed by atoms with E-state index in [-0.39, 0.29) is 30.1 Å². The normalized spacial score (nSPS) is 23.4. The predicted molar refractivity (Wildman–Crippen MR) is 107 cm³/mol. The Bertz CT molecular complexity index is 1010. The Morgan fingerprint density at radius 3 is 2.80 bits per heavy atom. The first-order valence-corrected chi connectivity index (χ1v) is 9.68. The van der Waals surface area contributed by atoms with Gasteiger partial charge in [0.25, 0.3) is 0 Å². The fourth-order valence-electron chi connectivity index (χ4n) is 3.68. The van der Waals surface area contributed by atoms with Crippen LogP contribution in [0.2, 0.25) is 0 Å². The minimum absolute atomic E-state index is 0.164. The Kier molecular flexibility index (Phi) is 5.82. The minimum Gasteiger partial charge on any atom is -0.396 e. The summed E-state index contributed by atoms with van der Waals surface area (Å²) in [6.07, 6.45) is 1.72. The zero-order valence-electron chi connectivity index (χ0n) is 16.1. The van der Waals surface area contributed by atoms with Crippen LogP contribution in [0, 0.1) is 5.92 Å². The number of hydrogen-bond acceptors (Lipinski definition) is 7. The van der Waals surface area contributed by atoms with Crippen molar-refractivity contribution in [3.05, 3.63) is 71.9 Å². The number of ketones is 1. The van der Waals surface area contributed by atoms with Gasteiger partial charge in [-0.05, 0) is 18.1 Å². The molecule has 1 saturated carbocycles. The third kappa shape index (κ3) is 4.07. The highest BCUT2D eigenvalue weighted by atomic mass is 19.1. The van der Waals surface area contributed by atoms with E-state index in [1.54, 1.807) is 16.9 Å². The van der Waals surface area contributed by atoms with Crippen molar-refractivity contribution in [3.63, 3.8) is 0 Å². The van der Waals surface area contributed by atoms with Gasteiger partial charge in [0.05, 0.1) is 24.3 Å². The molecule has 4 atom stereocenters. The van der Waals surface area contributed by atoms with E-state index in [0.717, 1.165) is 5.56 Å². The Hall–Kier alpha value is -3.17. The predicted octanol–water partition coefficient (Wildman–Crippen LogP) is 1.44.